The van der Waals surface area contributed by atoms with Gasteiger partial charge < -0.3 is 20.3 Å². The second kappa shape index (κ2) is 6.84. The Morgan fingerprint density at radius 1 is 1.19 bits per heavy atom. The van der Waals surface area contributed by atoms with E-state index in [4.69, 9.17) is 14.7 Å². The monoisotopic (exact) mass is 419 g/mol. The summed E-state index contributed by atoms with van der Waals surface area (Å²) in [6, 6.07) is 3.85. The molecule has 158 valence electrons. The Labute approximate surface area is 178 Å². The molecular formula is C22H22FN7O. The number of hydrogen-bond acceptors (Lipinski definition) is 8. The molecule has 2 unspecified atom stereocenters. The van der Waals surface area contributed by atoms with E-state index in [0.29, 0.717) is 30.0 Å². The Kier molecular flexibility index (Phi) is 4.07. The average molecular weight is 419 g/mol. The third-order valence-corrected chi connectivity index (χ3v) is 6.39. The fraction of sp³-hybridized carbons (Fsp3) is 0.364. The molecule has 0 radical (unpaired) electrons. The lowest BCUT2D eigenvalue weighted by molar-refractivity contribution is 0.297. The molecular weight excluding hydrogens is 397 g/mol. The molecule has 9 heteroatoms. The molecule has 4 heterocycles. The Bertz CT molecular complexity index is 1170. The van der Waals surface area contributed by atoms with Gasteiger partial charge in [-0.25, -0.2) is 14.4 Å². The maximum atomic E-state index is 14.4. The molecule has 8 nitrogen and oxygen atoms in total. The summed E-state index contributed by atoms with van der Waals surface area (Å²) >= 11 is 0. The van der Waals surface area contributed by atoms with Crippen molar-refractivity contribution >= 4 is 11.5 Å². The molecule has 31 heavy (non-hydrogen) atoms. The second-order valence-electron chi connectivity index (χ2n) is 8.31. The molecule has 2 atom stereocenters. The summed E-state index contributed by atoms with van der Waals surface area (Å²) in [5.41, 5.74) is 4.41. The van der Waals surface area contributed by atoms with E-state index in [9.17, 15) is 4.39 Å². The van der Waals surface area contributed by atoms with Crippen LogP contribution in [0.5, 0.6) is 11.8 Å². The average Bonchev–Trinajstić information content (AvgIpc) is 3.25. The van der Waals surface area contributed by atoms with Crippen molar-refractivity contribution in [1.29, 1.82) is 0 Å². The van der Waals surface area contributed by atoms with Gasteiger partial charge in [0, 0.05) is 56.3 Å². The standard InChI is InChI=1S/C22H22FN7O/c1-11-25-7-14(8-26-11)31-22-28-18-5-15-16(3-13(23)4-17(15)24-2)20(18)21(29-22)30-9-12-6-27-19(12)10-30/h3-4,7-8,12,19,24,27H,5-6,9-10H2,1-2H3. The van der Waals surface area contributed by atoms with E-state index in [0.717, 1.165) is 53.5 Å². The predicted molar refractivity (Wildman–Crippen MR) is 114 cm³/mol. The van der Waals surface area contributed by atoms with Gasteiger partial charge in [0.1, 0.15) is 17.5 Å². The van der Waals surface area contributed by atoms with E-state index >= 15 is 0 Å². The van der Waals surface area contributed by atoms with Crippen molar-refractivity contribution in [2.45, 2.75) is 19.4 Å². The molecule has 2 N–H and O–H groups in total. The van der Waals surface area contributed by atoms with Crippen LogP contribution in [0.4, 0.5) is 15.9 Å². The largest absolute Gasteiger partial charge is 0.421 e. The molecule has 2 aliphatic heterocycles. The number of nitrogens with zero attached hydrogens (tertiary/aromatic N) is 5. The summed E-state index contributed by atoms with van der Waals surface area (Å²) in [4.78, 5) is 20.1. The minimum absolute atomic E-state index is 0.257. The van der Waals surface area contributed by atoms with Crippen LogP contribution in [0.1, 0.15) is 17.1 Å². The highest BCUT2D eigenvalue weighted by molar-refractivity contribution is 5.88. The fourth-order valence-corrected chi connectivity index (χ4v) is 4.75. The number of hydrogen-bond donors (Lipinski definition) is 2. The molecule has 3 aromatic rings. The quantitative estimate of drug-likeness (QED) is 0.522. The zero-order valence-corrected chi connectivity index (χ0v) is 17.3. The number of aromatic nitrogens is 4. The number of aryl methyl sites for hydroxylation is 1. The molecule has 1 aromatic carbocycles. The van der Waals surface area contributed by atoms with Gasteiger partial charge in [-0.2, -0.15) is 9.97 Å². The van der Waals surface area contributed by atoms with Gasteiger partial charge in [0.25, 0.3) is 0 Å². The summed E-state index contributed by atoms with van der Waals surface area (Å²) in [7, 11) is 1.81. The number of ether oxygens (including phenoxy) is 1. The normalized spacial score (nSPS) is 20.7. The molecule has 2 saturated heterocycles. The third-order valence-electron chi connectivity index (χ3n) is 6.39. The molecule has 6 rings (SSSR count). The van der Waals surface area contributed by atoms with Crippen molar-refractivity contribution in [2.75, 3.05) is 36.9 Å². The molecule has 0 bridgehead atoms. The zero-order chi connectivity index (χ0) is 21.1. The van der Waals surface area contributed by atoms with Gasteiger partial charge in [0.15, 0.2) is 5.75 Å². The van der Waals surface area contributed by atoms with Crippen molar-refractivity contribution in [2.24, 2.45) is 5.92 Å². The van der Waals surface area contributed by atoms with Crippen molar-refractivity contribution < 1.29 is 9.13 Å². The van der Waals surface area contributed by atoms with Crippen LogP contribution in [0.15, 0.2) is 24.5 Å². The molecule has 2 fully saturated rings. The van der Waals surface area contributed by atoms with Crippen molar-refractivity contribution in [1.82, 2.24) is 25.3 Å². The topological polar surface area (TPSA) is 88.1 Å². The van der Waals surface area contributed by atoms with Crippen LogP contribution in [-0.2, 0) is 6.42 Å². The van der Waals surface area contributed by atoms with Crippen LogP contribution < -0.4 is 20.3 Å². The van der Waals surface area contributed by atoms with Crippen molar-refractivity contribution in [3.05, 3.63) is 47.4 Å². The first-order chi connectivity index (χ1) is 15.1. The van der Waals surface area contributed by atoms with Gasteiger partial charge in [-0.05, 0) is 30.2 Å². The van der Waals surface area contributed by atoms with Gasteiger partial charge in [0.2, 0.25) is 0 Å². The van der Waals surface area contributed by atoms with Crippen LogP contribution in [0.3, 0.4) is 0 Å². The minimum atomic E-state index is -0.276. The van der Waals surface area contributed by atoms with E-state index in [-0.39, 0.29) is 11.8 Å². The summed E-state index contributed by atoms with van der Waals surface area (Å²) in [5.74, 6) is 2.29. The number of anilines is 2. The molecule has 0 spiro atoms. The zero-order valence-electron chi connectivity index (χ0n) is 17.3. The van der Waals surface area contributed by atoms with E-state index in [1.165, 1.54) is 6.07 Å². The SMILES string of the molecule is CNc1cc(F)cc2c1Cc1nc(Oc3cnc(C)nc3)nc(N3CC4CNC4C3)c1-2. The van der Waals surface area contributed by atoms with E-state index in [1.54, 1.807) is 25.5 Å². The van der Waals surface area contributed by atoms with E-state index in [2.05, 4.69) is 25.5 Å². The van der Waals surface area contributed by atoms with Gasteiger partial charge in [-0.1, -0.05) is 0 Å². The Morgan fingerprint density at radius 2 is 2.03 bits per heavy atom. The Morgan fingerprint density at radius 3 is 2.71 bits per heavy atom. The third kappa shape index (κ3) is 2.99. The van der Waals surface area contributed by atoms with Gasteiger partial charge >= 0.3 is 6.01 Å². The van der Waals surface area contributed by atoms with Gasteiger partial charge in [-0.15, -0.1) is 0 Å². The van der Waals surface area contributed by atoms with Crippen LogP contribution in [0.2, 0.25) is 0 Å². The lowest BCUT2D eigenvalue weighted by Gasteiger charge is -2.29. The maximum Gasteiger partial charge on any atom is 0.324 e. The number of fused-ring (bicyclic) bond motifs is 4. The molecule has 0 saturated carbocycles. The second-order valence-corrected chi connectivity index (χ2v) is 8.31. The highest BCUT2D eigenvalue weighted by Gasteiger charge is 2.41. The first-order valence-electron chi connectivity index (χ1n) is 10.5. The molecule has 3 aliphatic rings. The summed E-state index contributed by atoms with van der Waals surface area (Å²) in [6.07, 6.45) is 3.82. The van der Waals surface area contributed by atoms with Gasteiger partial charge in [0.05, 0.1) is 18.1 Å². The smallest absolute Gasteiger partial charge is 0.324 e. The van der Waals surface area contributed by atoms with Gasteiger partial charge in [-0.3, -0.25) is 0 Å². The number of halogens is 1. The maximum absolute atomic E-state index is 14.4. The first-order valence-corrected chi connectivity index (χ1v) is 10.5. The number of benzene rings is 1. The lowest BCUT2D eigenvalue weighted by Crippen LogP contribution is -2.51. The van der Waals surface area contributed by atoms with Crippen LogP contribution in [0, 0.1) is 18.7 Å². The number of nitrogens with one attached hydrogen (secondary N) is 2. The molecule has 1 aliphatic carbocycles. The number of rotatable bonds is 4. The summed E-state index contributed by atoms with van der Waals surface area (Å²) in [5, 5.41) is 6.59. The molecule has 0 amide bonds. The van der Waals surface area contributed by atoms with Crippen LogP contribution >= 0.6 is 0 Å². The first kappa shape index (κ1) is 18.4. The highest BCUT2D eigenvalue weighted by Crippen LogP contribution is 2.46. The van der Waals surface area contributed by atoms with E-state index in [1.807, 2.05) is 6.92 Å². The fourth-order valence-electron chi connectivity index (χ4n) is 4.75. The predicted octanol–water partition coefficient (Wildman–Crippen LogP) is 2.53. The summed E-state index contributed by atoms with van der Waals surface area (Å²) < 4.78 is 20.3. The minimum Gasteiger partial charge on any atom is -0.421 e. The van der Waals surface area contributed by atoms with Crippen LogP contribution in [-0.4, -0.2) is 52.7 Å². The van der Waals surface area contributed by atoms with Crippen LogP contribution in [0.25, 0.3) is 11.1 Å². The lowest BCUT2D eigenvalue weighted by atomic mass is 9.96. The highest BCUT2D eigenvalue weighted by atomic mass is 19.1. The molecule has 2 aromatic heterocycles. The van der Waals surface area contributed by atoms with Crippen molar-refractivity contribution in [3.8, 4) is 22.9 Å². The Balaban J connectivity index is 1.47. The Hall–Kier alpha value is -3.33. The van der Waals surface area contributed by atoms with Crippen molar-refractivity contribution in [3.63, 3.8) is 0 Å². The summed E-state index contributed by atoms with van der Waals surface area (Å²) in [6.45, 7) is 4.62. The van der Waals surface area contributed by atoms with E-state index < -0.39 is 0 Å².